The molecule has 0 aromatic carbocycles. The molecule has 4 heterocycles. The first-order chi connectivity index (χ1) is 12.0. The molecule has 0 saturated carbocycles. The monoisotopic (exact) mass is 342 g/mol. The van der Waals surface area contributed by atoms with Gasteiger partial charge in [-0.3, -0.25) is 0 Å². The Morgan fingerprint density at radius 3 is 2.92 bits per heavy atom. The summed E-state index contributed by atoms with van der Waals surface area (Å²) in [5.74, 6) is 0.633. The van der Waals surface area contributed by atoms with E-state index in [1.54, 1.807) is 0 Å². The third-order valence-electron chi connectivity index (χ3n) is 4.66. The molecule has 0 saturated heterocycles. The van der Waals surface area contributed by atoms with Gasteiger partial charge in [0.2, 0.25) is 5.71 Å². The van der Waals surface area contributed by atoms with Gasteiger partial charge >= 0.3 is 0 Å². The number of aromatic nitrogens is 3. The van der Waals surface area contributed by atoms with Crippen molar-refractivity contribution < 1.29 is 14.3 Å². The van der Waals surface area contributed by atoms with Crippen molar-refractivity contribution in [3.8, 4) is 0 Å². The van der Waals surface area contributed by atoms with Crippen LogP contribution >= 0.6 is 0 Å². The highest BCUT2D eigenvalue weighted by Crippen LogP contribution is 2.39. The van der Waals surface area contributed by atoms with Gasteiger partial charge < -0.3 is 19.6 Å². The molecule has 3 aromatic rings. The van der Waals surface area contributed by atoms with Crippen LogP contribution in [0.2, 0.25) is 0 Å². The molecule has 0 amide bonds. The third-order valence-corrected chi connectivity index (χ3v) is 4.66. The Morgan fingerprint density at radius 1 is 1.28 bits per heavy atom. The molecule has 132 valence electrons. The van der Waals surface area contributed by atoms with E-state index in [0.717, 1.165) is 28.6 Å². The van der Waals surface area contributed by atoms with Gasteiger partial charge in [-0.25, -0.2) is 15.0 Å². The van der Waals surface area contributed by atoms with Crippen LogP contribution in [-0.4, -0.2) is 38.8 Å². The lowest BCUT2D eigenvalue weighted by molar-refractivity contribution is -0.0400. The number of aliphatic hydroxyl groups excluding tert-OH is 1. The van der Waals surface area contributed by atoms with E-state index in [1.165, 1.54) is 11.9 Å². The highest BCUT2D eigenvalue weighted by molar-refractivity contribution is 6.06. The number of aliphatic hydroxyl groups is 1. The molecule has 0 spiro atoms. The highest BCUT2D eigenvalue weighted by Gasteiger charge is 2.31. The van der Waals surface area contributed by atoms with Crippen molar-refractivity contribution in [2.45, 2.75) is 45.8 Å². The summed E-state index contributed by atoms with van der Waals surface area (Å²) < 4.78 is 12.0. The number of nitrogens with zero attached hydrogens (tertiary/aromatic N) is 3. The van der Waals surface area contributed by atoms with E-state index in [1.807, 2.05) is 6.92 Å². The maximum Gasteiger partial charge on any atom is 0.229 e. The quantitative estimate of drug-likeness (QED) is 0.704. The molecule has 0 bridgehead atoms. The second kappa shape index (κ2) is 5.93. The Hall–Kier alpha value is -2.25. The molecule has 0 atom stereocenters. The van der Waals surface area contributed by atoms with Crippen molar-refractivity contribution in [3.05, 3.63) is 23.1 Å². The smallest absolute Gasteiger partial charge is 0.229 e. The second-order valence-corrected chi connectivity index (χ2v) is 7.07. The van der Waals surface area contributed by atoms with Crippen molar-refractivity contribution in [1.29, 1.82) is 0 Å². The minimum atomic E-state index is -0.230. The fraction of sp³-hybridized carbons (Fsp3) is 0.500. The topological polar surface area (TPSA) is 93.3 Å². The summed E-state index contributed by atoms with van der Waals surface area (Å²) in [5, 5.41) is 13.1. The van der Waals surface area contributed by atoms with Crippen LogP contribution in [0.1, 0.15) is 37.1 Å². The van der Waals surface area contributed by atoms with E-state index in [9.17, 15) is 0 Å². The van der Waals surface area contributed by atoms with Gasteiger partial charge in [0.05, 0.1) is 17.6 Å². The standard InChI is InChI=1S/C18H22N4O3/c1-10-12-8-24-18(2,3)7-11(12)13-14-15(25-17(13)22-10)16(21-9-20-14)19-5-4-6-23/h9,23H,4-8H2,1-3H3,(H,19,20,21). The lowest BCUT2D eigenvalue weighted by Gasteiger charge is -2.32. The number of fused-ring (bicyclic) bond motifs is 5. The molecule has 0 fully saturated rings. The molecule has 7 nitrogen and oxygen atoms in total. The second-order valence-electron chi connectivity index (χ2n) is 7.07. The number of hydrogen-bond donors (Lipinski definition) is 2. The molecule has 7 heteroatoms. The van der Waals surface area contributed by atoms with Gasteiger partial charge in [0.25, 0.3) is 0 Å². The Bertz CT molecular complexity index is 949. The highest BCUT2D eigenvalue weighted by atomic mass is 16.5. The third kappa shape index (κ3) is 2.73. The summed E-state index contributed by atoms with van der Waals surface area (Å²) in [4.78, 5) is 13.4. The Kier molecular flexibility index (Phi) is 3.85. The molecule has 1 aliphatic heterocycles. The lowest BCUT2D eigenvalue weighted by atomic mass is 9.89. The predicted octanol–water partition coefficient (Wildman–Crippen LogP) is 2.73. The first-order valence-corrected chi connectivity index (χ1v) is 8.54. The van der Waals surface area contributed by atoms with Crippen LogP contribution in [0.4, 0.5) is 5.82 Å². The van der Waals surface area contributed by atoms with Crippen LogP contribution in [0.25, 0.3) is 22.2 Å². The van der Waals surface area contributed by atoms with Crippen molar-refractivity contribution in [3.63, 3.8) is 0 Å². The molecule has 25 heavy (non-hydrogen) atoms. The summed E-state index contributed by atoms with van der Waals surface area (Å²) in [6.45, 7) is 7.47. The van der Waals surface area contributed by atoms with Gasteiger partial charge in [0, 0.05) is 30.8 Å². The van der Waals surface area contributed by atoms with E-state index in [4.69, 9.17) is 14.3 Å². The summed E-state index contributed by atoms with van der Waals surface area (Å²) in [7, 11) is 0. The van der Waals surface area contributed by atoms with Gasteiger partial charge in [0.1, 0.15) is 11.8 Å². The van der Waals surface area contributed by atoms with Gasteiger partial charge in [0.15, 0.2) is 11.4 Å². The largest absolute Gasteiger partial charge is 0.432 e. The number of nitrogens with one attached hydrogen (secondary N) is 1. The van der Waals surface area contributed by atoms with Gasteiger partial charge in [-0.2, -0.15) is 0 Å². The number of anilines is 1. The van der Waals surface area contributed by atoms with Crippen LogP contribution in [0, 0.1) is 6.92 Å². The fourth-order valence-corrected chi connectivity index (χ4v) is 3.38. The van der Waals surface area contributed by atoms with Crippen molar-refractivity contribution in [2.24, 2.45) is 0 Å². The molecular formula is C18H22N4O3. The average molecular weight is 342 g/mol. The maximum absolute atomic E-state index is 8.97. The molecule has 0 aliphatic carbocycles. The Morgan fingerprint density at radius 2 is 2.12 bits per heavy atom. The Labute approximate surface area is 145 Å². The molecule has 4 rings (SSSR count). The summed E-state index contributed by atoms with van der Waals surface area (Å²) in [5.41, 5.74) is 5.01. The first-order valence-electron chi connectivity index (χ1n) is 8.54. The molecule has 0 radical (unpaired) electrons. The van der Waals surface area contributed by atoms with E-state index in [-0.39, 0.29) is 12.2 Å². The van der Waals surface area contributed by atoms with E-state index in [2.05, 4.69) is 34.1 Å². The Balaban J connectivity index is 1.93. The van der Waals surface area contributed by atoms with Crippen molar-refractivity contribution >= 4 is 28.0 Å². The average Bonchev–Trinajstić information content (AvgIpc) is 2.93. The number of hydrogen-bond acceptors (Lipinski definition) is 7. The molecule has 2 N–H and O–H groups in total. The number of rotatable bonds is 4. The summed E-state index contributed by atoms with van der Waals surface area (Å²) in [6, 6.07) is 0. The molecule has 3 aromatic heterocycles. The number of ether oxygens (including phenoxy) is 1. The van der Waals surface area contributed by atoms with E-state index < -0.39 is 0 Å². The normalized spacial score (nSPS) is 16.3. The molecular weight excluding hydrogens is 320 g/mol. The molecule has 0 unspecified atom stereocenters. The maximum atomic E-state index is 8.97. The van der Waals surface area contributed by atoms with Gasteiger partial charge in [-0.1, -0.05) is 0 Å². The zero-order chi connectivity index (χ0) is 17.6. The fourth-order valence-electron chi connectivity index (χ4n) is 3.38. The minimum Gasteiger partial charge on any atom is -0.432 e. The van der Waals surface area contributed by atoms with E-state index in [0.29, 0.717) is 36.7 Å². The first kappa shape index (κ1) is 16.2. The van der Waals surface area contributed by atoms with Gasteiger partial charge in [-0.05, 0) is 32.8 Å². The lowest BCUT2D eigenvalue weighted by Crippen LogP contribution is -2.32. The minimum absolute atomic E-state index is 0.130. The molecule has 1 aliphatic rings. The zero-order valence-corrected chi connectivity index (χ0v) is 14.7. The number of aryl methyl sites for hydroxylation is 1. The summed E-state index contributed by atoms with van der Waals surface area (Å²) >= 11 is 0. The van der Waals surface area contributed by atoms with Crippen LogP contribution in [-0.2, 0) is 17.8 Å². The predicted molar refractivity (Wildman–Crippen MR) is 94.6 cm³/mol. The van der Waals surface area contributed by atoms with Crippen LogP contribution in [0.5, 0.6) is 0 Å². The number of furan rings is 1. The van der Waals surface area contributed by atoms with Crippen molar-refractivity contribution in [2.75, 3.05) is 18.5 Å². The van der Waals surface area contributed by atoms with Crippen LogP contribution < -0.4 is 5.32 Å². The van der Waals surface area contributed by atoms with Crippen molar-refractivity contribution in [1.82, 2.24) is 15.0 Å². The van der Waals surface area contributed by atoms with Crippen LogP contribution in [0.3, 0.4) is 0 Å². The van der Waals surface area contributed by atoms with E-state index >= 15 is 0 Å². The SMILES string of the molecule is Cc1nc2oc3c(NCCCO)ncnc3c2c2c1COC(C)(C)C2. The zero-order valence-electron chi connectivity index (χ0n) is 14.7. The van der Waals surface area contributed by atoms with Crippen LogP contribution in [0.15, 0.2) is 10.7 Å². The summed E-state index contributed by atoms with van der Waals surface area (Å²) in [6.07, 6.45) is 2.97. The van der Waals surface area contributed by atoms with Gasteiger partial charge in [-0.15, -0.1) is 0 Å². The number of pyridine rings is 1.